The van der Waals surface area contributed by atoms with Gasteiger partial charge in [0, 0.05) is 6.08 Å². The third-order valence-electron chi connectivity index (χ3n) is 2.27. The van der Waals surface area contributed by atoms with Gasteiger partial charge in [0.1, 0.15) is 6.61 Å². The molecule has 0 N–H and O–H groups in total. The zero-order valence-electron chi connectivity index (χ0n) is 11.5. The molecule has 0 heterocycles. The molecule has 0 aliphatic heterocycles. The molecule has 4 nitrogen and oxygen atoms in total. The predicted octanol–water partition coefficient (Wildman–Crippen LogP) is 2.95. The van der Waals surface area contributed by atoms with Crippen LogP contribution < -0.4 is 0 Å². The van der Waals surface area contributed by atoms with Crippen molar-refractivity contribution >= 4 is 11.9 Å². The van der Waals surface area contributed by atoms with Crippen LogP contribution in [0.3, 0.4) is 0 Å². The first-order chi connectivity index (χ1) is 9.13. The van der Waals surface area contributed by atoms with Crippen LogP contribution in [0, 0.1) is 0 Å². The van der Waals surface area contributed by atoms with E-state index < -0.39 is 5.97 Å². The lowest BCUT2D eigenvalue weighted by atomic mass is 10.1. The Morgan fingerprint density at radius 3 is 2.53 bits per heavy atom. The van der Waals surface area contributed by atoms with Crippen LogP contribution in [-0.2, 0) is 19.1 Å². The van der Waals surface area contributed by atoms with Crippen molar-refractivity contribution in [2.24, 2.45) is 0 Å². The van der Waals surface area contributed by atoms with E-state index in [4.69, 9.17) is 9.47 Å². The van der Waals surface area contributed by atoms with Gasteiger partial charge in [-0.3, -0.25) is 4.79 Å². The summed E-state index contributed by atoms with van der Waals surface area (Å²) in [5.74, 6) is -0.817. The van der Waals surface area contributed by atoms with Crippen molar-refractivity contribution in [2.75, 3.05) is 13.2 Å². The van der Waals surface area contributed by atoms with Crippen LogP contribution in [-0.4, -0.2) is 25.2 Å². The van der Waals surface area contributed by atoms with E-state index in [0.29, 0.717) is 18.6 Å². The Morgan fingerprint density at radius 2 is 1.95 bits per heavy atom. The summed E-state index contributed by atoms with van der Waals surface area (Å²) in [6.45, 7) is 9.43. The van der Waals surface area contributed by atoms with E-state index in [-0.39, 0.29) is 19.0 Å². The van der Waals surface area contributed by atoms with Gasteiger partial charge >= 0.3 is 11.9 Å². The fraction of sp³-hybridized carbons (Fsp3) is 0.467. The van der Waals surface area contributed by atoms with E-state index >= 15 is 0 Å². The molecule has 0 saturated carbocycles. The molecule has 19 heavy (non-hydrogen) atoms. The van der Waals surface area contributed by atoms with E-state index in [0.717, 1.165) is 18.9 Å². The summed E-state index contributed by atoms with van der Waals surface area (Å²) in [6.07, 6.45) is 7.17. The minimum atomic E-state index is -0.510. The molecule has 0 aliphatic rings. The third kappa shape index (κ3) is 9.83. The second-order valence-electron chi connectivity index (χ2n) is 3.95. The maximum absolute atomic E-state index is 11.6. The van der Waals surface area contributed by atoms with Crippen LogP contribution in [0.15, 0.2) is 37.0 Å². The van der Waals surface area contributed by atoms with Gasteiger partial charge < -0.3 is 9.47 Å². The monoisotopic (exact) mass is 266 g/mol. The highest BCUT2D eigenvalue weighted by atomic mass is 16.5. The number of rotatable bonds is 10. The largest absolute Gasteiger partial charge is 0.465 e. The lowest BCUT2D eigenvalue weighted by Crippen LogP contribution is -2.11. The second kappa shape index (κ2) is 11.3. The van der Waals surface area contributed by atoms with Crippen LogP contribution in [0.1, 0.15) is 32.6 Å². The highest BCUT2D eigenvalue weighted by Crippen LogP contribution is 2.07. The molecule has 0 aromatic rings. The van der Waals surface area contributed by atoms with Crippen LogP contribution >= 0.6 is 0 Å². The number of esters is 2. The summed E-state index contributed by atoms with van der Waals surface area (Å²) < 4.78 is 9.97. The molecular weight excluding hydrogens is 244 g/mol. The van der Waals surface area contributed by atoms with E-state index in [1.54, 1.807) is 6.08 Å². The van der Waals surface area contributed by atoms with Crippen molar-refractivity contribution in [2.45, 2.75) is 32.6 Å². The van der Waals surface area contributed by atoms with Gasteiger partial charge in [-0.25, -0.2) is 4.79 Å². The summed E-state index contributed by atoms with van der Waals surface area (Å²) in [6, 6.07) is 0. The molecule has 106 valence electrons. The Balaban J connectivity index is 4.26. The molecule has 0 unspecified atom stereocenters. The molecule has 0 aliphatic carbocycles. The molecule has 0 radical (unpaired) electrons. The van der Waals surface area contributed by atoms with Crippen molar-refractivity contribution < 1.29 is 19.1 Å². The van der Waals surface area contributed by atoms with Crippen LogP contribution in [0.4, 0.5) is 0 Å². The molecule has 0 rings (SSSR count). The van der Waals surface area contributed by atoms with Gasteiger partial charge in [-0.15, -0.1) is 6.58 Å². The van der Waals surface area contributed by atoms with Crippen LogP contribution in [0.5, 0.6) is 0 Å². The second-order valence-corrected chi connectivity index (χ2v) is 3.95. The van der Waals surface area contributed by atoms with E-state index in [1.165, 1.54) is 0 Å². The number of unbranched alkanes of at least 4 members (excludes halogenated alkanes) is 1. The summed E-state index contributed by atoms with van der Waals surface area (Å²) in [7, 11) is 0. The Hall–Kier alpha value is -1.84. The van der Waals surface area contributed by atoms with Gasteiger partial charge in [-0.05, 0) is 18.4 Å². The van der Waals surface area contributed by atoms with Crippen molar-refractivity contribution in [3.8, 4) is 0 Å². The topological polar surface area (TPSA) is 52.6 Å². The molecule has 0 bridgehead atoms. The summed E-state index contributed by atoms with van der Waals surface area (Å²) in [5.41, 5.74) is 0.705. The van der Waals surface area contributed by atoms with Crippen molar-refractivity contribution in [3.63, 3.8) is 0 Å². The Morgan fingerprint density at radius 1 is 1.21 bits per heavy atom. The molecule has 4 heteroatoms. The summed E-state index contributed by atoms with van der Waals surface area (Å²) in [5, 5.41) is 0. The Kier molecular flexibility index (Phi) is 10.2. The summed E-state index contributed by atoms with van der Waals surface area (Å²) >= 11 is 0. The van der Waals surface area contributed by atoms with Crippen molar-refractivity contribution in [1.29, 1.82) is 0 Å². The van der Waals surface area contributed by atoms with E-state index in [1.807, 2.05) is 13.0 Å². The quantitative estimate of drug-likeness (QED) is 0.264. The first-order valence-electron chi connectivity index (χ1n) is 6.37. The van der Waals surface area contributed by atoms with Gasteiger partial charge in [0.2, 0.25) is 0 Å². The minimum absolute atomic E-state index is 0.0710. The number of carbonyl (C=O) groups is 2. The predicted molar refractivity (Wildman–Crippen MR) is 74.5 cm³/mol. The maximum atomic E-state index is 11.6. The molecule has 0 amide bonds. The lowest BCUT2D eigenvalue weighted by Gasteiger charge is -2.08. The molecule has 0 aromatic carbocycles. The standard InChI is InChI=1S/C15H22O4/c1-4-7-9-13(12-19-14(16)6-3)11-15(17)18-10-8-5-2/h4,6,9H,1,3,5,7-8,10-12H2,2H3/b13-9-. The van der Waals surface area contributed by atoms with Crippen LogP contribution in [0.2, 0.25) is 0 Å². The van der Waals surface area contributed by atoms with Gasteiger partial charge in [0.25, 0.3) is 0 Å². The highest BCUT2D eigenvalue weighted by Gasteiger charge is 2.09. The van der Waals surface area contributed by atoms with Gasteiger partial charge in [0.15, 0.2) is 0 Å². The van der Waals surface area contributed by atoms with Gasteiger partial charge in [-0.2, -0.15) is 0 Å². The zero-order chi connectivity index (χ0) is 14.5. The van der Waals surface area contributed by atoms with Crippen molar-refractivity contribution in [1.82, 2.24) is 0 Å². The van der Waals surface area contributed by atoms with E-state index in [2.05, 4.69) is 13.2 Å². The van der Waals surface area contributed by atoms with Gasteiger partial charge in [0.05, 0.1) is 13.0 Å². The molecule has 0 atom stereocenters. The Bertz CT molecular complexity index is 342. The van der Waals surface area contributed by atoms with E-state index in [9.17, 15) is 9.59 Å². The van der Waals surface area contributed by atoms with Crippen molar-refractivity contribution in [3.05, 3.63) is 37.0 Å². The first-order valence-corrected chi connectivity index (χ1v) is 6.37. The molecular formula is C15H22O4. The molecule has 0 fully saturated rings. The lowest BCUT2D eigenvalue weighted by molar-refractivity contribution is -0.144. The first kappa shape index (κ1) is 17.2. The smallest absolute Gasteiger partial charge is 0.330 e. The fourth-order valence-corrected chi connectivity index (χ4v) is 1.22. The zero-order valence-corrected chi connectivity index (χ0v) is 11.5. The SMILES string of the molecule is C=CC/C=C(\COC(=O)C=C)CC(=O)OCCCC. The maximum Gasteiger partial charge on any atom is 0.330 e. The normalized spacial score (nSPS) is 10.7. The van der Waals surface area contributed by atoms with Crippen LogP contribution in [0.25, 0.3) is 0 Å². The molecule has 0 spiro atoms. The Labute approximate surface area is 114 Å². The number of ether oxygens (including phenoxy) is 2. The average molecular weight is 266 g/mol. The highest BCUT2D eigenvalue weighted by molar-refractivity contribution is 5.81. The number of allylic oxidation sites excluding steroid dienone is 2. The van der Waals surface area contributed by atoms with Gasteiger partial charge in [-0.1, -0.05) is 32.1 Å². The number of carbonyl (C=O) groups excluding carboxylic acids is 2. The third-order valence-corrected chi connectivity index (χ3v) is 2.27. The minimum Gasteiger partial charge on any atom is -0.465 e. The number of hydrogen-bond donors (Lipinski definition) is 0. The molecule has 0 saturated heterocycles. The molecule has 0 aromatic heterocycles. The number of hydrogen-bond acceptors (Lipinski definition) is 4. The average Bonchev–Trinajstić information content (AvgIpc) is 2.41. The summed E-state index contributed by atoms with van der Waals surface area (Å²) in [4.78, 5) is 22.5. The fourth-order valence-electron chi connectivity index (χ4n) is 1.22.